The molecule has 1 amide bonds. The smallest absolute Gasteiger partial charge is 0.225 e. The minimum atomic E-state index is 0.0155. The van der Waals surface area contributed by atoms with Crippen LogP contribution >= 0.6 is 11.6 Å². The van der Waals surface area contributed by atoms with Crippen molar-refractivity contribution in [3.05, 3.63) is 29.3 Å². The highest BCUT2D eigenvalue weighted by Crippen LogP contribution is 2.20. The lowest BCUT2D eigenvalue weighted by Gasteiger charge is -2.26. The van der Waals surface area contributed by atoms with Crippen molar-refractivity contribution in [2.75, 3.05) is 32.0 Å². The predicted molar refractivity (Wildman–Crippen MR) is 87.8 cm³/mol. The molecular formula is C16H24ClN3O. The van der Waals surface area contributed by atoms with E-state index in [0.717, 1.165) is 26.1 Å². The standard InChI is InChI=1S/C16H24ClN3O/c1-20(13-5-4-10-18-11-8-13)12-9-16(21)19-15-7-3-2-6-14(15)17/h2-3,6-7,13,18H,4-5,8-12H2,1H3,(H,19,21). The zero-order valence-electron chi connectivity index (χ0n) is 12.6. The number of anilines is 1. The summed E-state index contributed by atoms with van der Waals surface area (Å²) >= 11 is 6.04. The van der Waals surface area contributed by atoms with Gasteiger partial charge in [-0.2, -0.15) is 0 Å². The van der Waals surface area contributed by atoms with Gasteiger partial charge in [0.15, 0.2) is 0 Å². The van der Waals surface area contributed by atoms with Crippen LogP contribution in [0.3, 0.4) is 0 Å². The lowest BCUT2D eigenvalue weighted by molar-refractivity contribution is -0.116. The van der Waals surface area contributed by atoms with Crippen LogP contribution in [0.5, 0.6) is 0 Å². The molecule has 0 spiro atoms. The number of nitrogens with zero attached hydrogens (tertiary/aromatic N) is 1. The SMILES string of the molecule is CN(CCC(=O)Nc1ccccc1Cl)C1CCCNCC1. The molecule has 1 fully saturated rings. The van der Waals surface area contributed by atoms with Gasteiger partial charge < -0.3 is 15.5 Å². The van der Waals surface area contributed by atoms with Gasteiger partial charge in [-0.1, -0.05) is 23.7 Å². The van der Waals surface area contributed by atoms with Crippen molar-refractivity contribution in [3.8, 4) is 0 Å². The zero-order chi connectivity index (χ0) is 15.1. The number of nitrogens with one attached hydrogen (secondary N) is 2. The topological polar surface area (TPSA) is 44.4 Å². The molecule has 116 valence electrons. The summed E-state index contributed by atoms with van der Waals surface area (Å²) in [5, 5.41) is 6.86. The van der Waals surface area contributed by atoms with E-state index in [-0.39, 0.29) is 5.91 Å². The van der Waals surface area contributed by atoms with Crippen LogP contribution in [0, 0.1) is 0 Å². The summed E-state index contributed by atoms with van der Waals surface area (Å²) in [5.74, 6) is 0.0155. The van der Waals surface area contributed by atoms with Gasteiger partial charge in [-0.25, -0.2) is 0 Å². The molecule has 1 heterocycles. The molecule has 1 aromatic rings. The van der Waals surface area contributed by atoms with Crippen molar-refractivity contribution in [3.63, 3.8) is 0 Å². The van der Waals surface area contributed by atoms with Crippen LogP contribution < -0.4 is 10.6 Å². The Morgan fingerprint density at radius 3 is 3.00 bits per heavy atom. The average molecular weight is 310 g/mol. The lowest BCUT2D eigenvalue weighted by Crippen LogP contribution is -2.34. The van der Waals surface area contributed by atoms with E-state index in [0.29, 0.717) is 23.2 Å². The Morgan fingerprint density at radius 2 is 2.19 bits per heavy atom. The quantitative estimate of drug-likeness (QED) is 0.879. The average Bonchev–Trinajstić information content (AvgIpc) is 2.76. The first kappa shape index (κ1) is 16.3. The molecular weight excluding hydrogens is 286 g/mol. The van der Waals surface area contributed by atoms with Crippen molar-refractivity contribution < 1.29 is 4.79 Å². The minimum absolute atomic E-state index is 0.0155. The zero-order valence-corrected chi connectivity index (χ0v) is 13.3. The van der Waals surface area contributed by atoms with Gasteiger partial charge in [0.2, 0.25) is 5.91 Å². The van der Waals surface area contributed by atoms with Crippen LogP contribution in [0.1, 0.15) is 25.7 Å². The first-order valence-electron chi connectivity index (χ1n) is 7.62. The van der Waals surface area contributed by atoms with Crippen molar-refractivity contribution in [2.24, 2.45) is 0 Å². The van der Waals surface area contributed by atoms with Gasteiger partial charge in [0.1, 0.15) is 0 Å². The van der Waals surface area contributed by atoms with Crippen LogP contribution in [0.2, 0.25) is 5.02 Å². The summed E-state index contributed by atoms with van der Waals surface area (Å²) in [7, 11) is 2.11. The molecule has 0 aliphatic carbocycles. The van der Waals surface area contributed by atoms with Crippen molar-refractivity contribution >= 4 is 23.2 Å². The van der Waals surface area contributed by atoms with Gasteiger partial charge in [0, 0.05) is 19.0 Å². The Morgan fingerprint density at radius 1 is 1.38 bits per heavy atom. The monoisotopic (exact) mass is 309 g/mol. The third-order valence-electron chi connectivity index (χ3n) is 4.01. The maximum atomic E-state index is 12.0. The molecule has 1 saturated heterocycles. The van der Waals surface area contributed by atoms with Crippen molar-refractivity contribution in [2.45, 2.75) is 31.7 Å². The molecule has 0 bridgehead atoms. The molecule has 5 heteroatoms. The Hall–Kier alpha value is -1.10. The third-order valence-corrected chi connectivity index (χ3v) is 4.34. The van der Waals surface area contributed by atoms with Gasteiger partial charge in [0.25, 0.3) is 0 Å². The Bertz CT molecular complexity index is 459. The van der Waals surface area contributed by atoms with E-state index in [4.69, 9.17) is 11.6 Å². The number of benzene rings is 1. The summed E-state index contributed by atoms with van der Waals surface area (Å²) in [5.41, 5.74) is 0.686. The van der Waals surface area contributed by atoms with E-state index in [1.54, 1.807) is 6.07 Å². The van der Waals surface area contributed by atoms with E-state index in [2.05, 4.69) is 22.6 Å². The van der Waals surface area contributed by atoms with E-state index >= 15 is 0 Å². The molecule has 0 saturated carbocycles. The molecule has 0 radical (unpaired) electrons. The molecule has 2 N–H and O–H groups in total. The highest BCUT2D eigenvalue weighted by Gasteiger charge is 2.17. The van der Waals surface area contributed by atoms with Gasteiger partial charge >= 0.3 is 0 Å². The van der Waals surface area contributed by atoms with Crippen LogP contribution in [0.15, 0.2) is 24.3 Å². The summed E-state index contributed by atoms with van der Waals surface area (Å²) in [4.78, 5) is 14.3. The fourth-order valence-corrected chi connectivity index (χ4v) is 2.86. The maximum Gasteiger partial charge on any atom is 0.225 e. The first-order valence-corrected chi connectivity index (χ1v) is 8.00. The molecule has 1 aliphatic heterocycles. The van der Waals surface area contributed by atoms with Gasteiger partial charge in [-0.15, -0.1) is 0 Å². The number of halogens is 1. The van der Waals surface area contributed by atoms with E-state index < -0.39 is 0 Å². The van der Waals surface area contributed by atoms with Crippen LogP contribution in [-0.2, 0) is 4.79 Å². The first-order chi connectivity index (χ1) is 10.2. The van der Waals surface area contributed by atoms with Gasteiger partial charge in [-0.3, -0.25) is 4.79 Å². The molecule has 1 unspecified atom stereocenters. The third kappa shape index (κ3) is 5.30. The summed E-state index contributed by atoms with van der Waals surface area (Å²) in [6.45, 7) is 2.96. The van der Waals surface area contributed by atoms with Gasteiger partial charge in [-0.05, 0) is 51.5 Å². The fourth-order valence-electron chi connectivity index (χ4n) is 2.68. The molecule has 1 aromatic carbocycles. The van der Waals surface area contributed by atoms with E-state index in [9.17, 15) is 4.79 Å². The molecule has 21 heavy (non-hydrogen) atoms. The number of rotatable bonds is 5. The van der Waals surface area contributed by atoms with E-state index in [1.165, 1.54) is 12.8 Å². The van der Waals surface area contributed by atoms with Crippen molar-refractivity contribution in [1.82, 2.24) is 10.2 Å². The normalized spacial score (nSPS) is 19.3. The van der Waals surface area contributed by atoms with E-state index in [1.807, 2.05) is 18.2 Å². The summed E-state index contributed by atoms with van der Waals surface area (Å²) in [6.07, 6.45) is 4.06. The summed E-state index contributed by atoms with van der Waals surface area (Å²) in [6, 6.07) is 7.90. The number of hydrogen-bond acceptors (Lipinski definition) is 3. The molecule has 1 atom stereocenters. The van der Waals surface area contributed by atoms with Crippen molar-refractivity contribution in [1.29, 1.82) is 0 Å². The number of para-hydroxylation sites is 1. The van der Waals surface area contributed by atoms with Crippen LogP contribution in [0.25, 0.3) is 0 Å². The Labute approximate surface area is 131 Å². The number of amides is 1. The Balaban J connectivity index is 1.76. The van der Waals surface area contributed by atoms with Crippen LogP contribution in [-0.4, -0.2) is 43.5 Å². The second-order valence-corrected chi connectivity index (χ2v) is 6.00. The Kier molecular flexibility index (Phi) is 6.49. The molecule has 0 aromatic heterocycles. The number of carbonyl (C=O) groups excluding carboxylic acids is 1. The molecule has 4 nitrogen and oxygen atoms in total. The maximum absolute atomic E-state index is 12.0. The fraction of sp³-hybridized carbons (Fsp3) is 0.562. The molecule has 2 rings (SSSR count). The van der Waals surface area contributed by atoms with Gasteiger partial charge in [0.05, 0.1) is 10.7 Å². The molecule has 1 aliphatic rings. The lowest BCUT2D eigenvalue weighted by atomic mass is 10.1. The highest BCUT2D eigenvalue weighted by atomic mass is 35.5. The largest absolute Gasteiger partial charge is 0.325 e. The highest BCUT2D eigenvalue weighted by molar-refractivity contribution is 6.33. The van der Waals surface area contributed by atoms with Crippen LogP contribution in [0.4, 0.5) is 5.69 Å². The second-order valence-electron chi connectivity index (χ2n) is 5.59. The number of hydrogen-bond donors (Lipinski definition) is 2. The predicted octanol–water partition coefficient (Wildman–Crippen LogP) is 2.74. The summed E-state index contributed by atoms with van der Waals surface area (Å²) < 4.78 is 0. The number of carbonyl (C=O) groups is 1. The second kappa shape index (κ2) is 8.37. The minimum Gasteiger partial charge on any atom is -0.325 e.